The van der Waals surface area contributed by atoms with E-state index in [1.165, 1.54) is 0 Å². The minimum atomic E-state index is -0.0592. The molecule has 4 heterocycles. The van der Waals surface area contributed by atoms with E-state index in [0.29, 0.717) is 24.1 Å². The van der Waals surface area contributed by atoms with Crippen LogP contribution in [0.15, 0.2) is 23.1 Å². The molecule has 0 aliphatic carbocycles. The molecular formula is C16H16N6O2. The molecule has 8 heteroatoms. The molecule has 5 rings (SSSR count). The van der Waals surface area contributed by atoms with E-state index >= 15 is 0 Å². The molecule has 122 valence electrons. The zero-order valence-corrected chi connectivity index (χ0v) is 13.2. The third-order valence-corrected chi connectivity index (χ3v) is 4.79. The average Bonchev–Trinajstić information content (AvgIpc) is 3.03. The molecule has 1 saturated heterocycles. The molecule has 4 aromatic rings. The predicted octanol–water partition coefficient (Wildman–Crippen LogP) is 1.51. The standard InChI is InChI=1S/C16H16N6O2/c1-21-15-13-10(18-17-8-12(13)19-21)2-3-11-14(15)16(23)22(20-11)9-4-6-24-7-5-9/h2-3,8-9,18H,4-7H2,1H3. The van der Waals surface area contributed by atoms with E-state index in [2.05, 4.69) is 20.4 Å². The van der Waals surface area contributed by atoms with Gasteiger partial charge >= 0.3 is 0 Å². The van der Waals surface area contributed by atoms with Crippen molar-refractivity contribution in [3.63, 3.8) is 0 Å². The Kier molecular flexibility index (Phi) is 2.78. The van der Waals surface area contributed by atoms with Crippen LogP contribution in [0.2, 0.25) is 0 Å². The molecule has 0 amide bonds. The van der Waals surface area contributed by atoms with Crippen molar-refractivity contribution in [3.05, 3.63) is 28.7 Å². The fraction of sp³-hybridized carbons (Fsp3) is 0.375. The number of aromatic nitrogens is 6. The molecule has 0 saturated carbocycles. The van der Waals surface area contributed by atoms with E-state index in [-0.39, 0.29) is 11.6 Å². The summed E-state index contributed by atoms with van der Waals surface area (Å²) in [6, 6.07) is 3.88. The van der Waals surface area contributed by atoms with Crippen LogP contribution in [0.5, 0.6) is 0 Å². The van der Waals surface area contributed by atoms with Crippen molar-refractivity contribution >= 4 is 32.8 Å². The number of ether oxygens (including phenoxy) is 1. The normalized spacial score (nSPS) is 16.5. The Balaban J connectivity index is 1.92. The Bertz CT molecular complexity index is 1130. The number of hydrogen-bond acceptors (Lipinski definition) is 5. The first-order chi connectivity index (χ1) is 11.7. The van der Waals surface area contributed by atoms with E-state index in [9.17, 15) is 4.79 Å². The zero-order valence-electron chi connectivity index (χ0n) is 13.2. The Hall–Kier alpha value is -2.74. The van der Waals surface area contributed by atoms with Crippen LogP contribution in [0, 0.1) is 0 Å². The highest BCUT2D eigenvalue weighted by Crippen LogP contribution is 2.28. The molecule has 1 aliphatic rings. The maximum atomic E-state index is 13.1. The topological polar surface area (TPSA) is 90.6 Å². The number of fused-ring (bicyclic) bond motifs is 2. The van der Waals surface area contributed by atoms with Gasteiger partial charge in [0.15, 0.2) is 0 Å². The molecule has 1 aromatic carbocycles. The second-order valence-corrected chi connectivity index (χ2v) is 6.20. The van der Waals surface area contributed by atoms with Crippen LogP contribution >= 0.6 is 0 Å². The summed E-state index contributed by atoms with van der Waals surface area (Å²) in [5.74, 6) is 0. The first-order valence-electron chi connectivity index (χ1n) is 8.03. The third kappa shape index (κ3) is 1.77. The molecule has 0 radical (unpaired) electrons. The molecule has 0 bridgehead atoms. The van der Waals surface area contributed by atoms with Gasteiger partial charge in [0.1, 0.15) is 5.52 Å². The van der Waals surface area contributed by atoms with Crippen molar-refractivity contribution in [3.8, 4) is 0 Å². The average molecular weight is 324 g/mol. The summed E-state index contributed by atoms with van der Waals surface area (Å²) in [7, 11) is 1.85. The SMILES string of the molecule is Cn1nc2cn[nH]c3ccc4nn(C5CCOCC5)c(=O)c4c1c23. The van der Waals surface area contributed by atoms with Crippen molar-refractivity contribution in [2.75, 3.05) is 13.2 Å². The fourth-order valence-corrected chi connectivity index (χ4v) is 3.64. The number of rotatable bonds is 1. The van der Waals surface area contributed by atoms with E-state index in [1.54, 1.807) is 15.6 Å². The van der Waals surface area contributed by atoms with Gasteiger partial charge in [-0.3, -0.25) is 14.6 Å². The highest BCUT2D eigenvalue weighted by atomic mass is 16.5. The molecule has 0 atom stereocenters. The first-order valence-corrected chi connectivity index (χ1v) is 8.03. The van der Waals surface area contributed by atoms with Crippen molar-refractivity contribution in [1.29, 1.82) is 0 Å². The third-order valence-electron chi connectivity index (χ3n) is 4.79. The number of aromatic amines is 1. The van der Waals surface area contributed by atoms with Crippen LogP contribution < -0.4 is 5.56 Å². The molecule has 1 aliphatic heterocycles. The number of nitrogens with one attached hydrogen (secondary N) is 1. The molecule has 1 fully saturated rings. The highest BCUT2D eigenvalue weighted by Gasteiger charge is 2.23. The first kappa shape index (κ1) is 13.7. The van der Waals surface area contributed by atoms with Crippen LogP contribution in [0.4, 0.5) is 0 Å². The maximum absolute atomic E-state index is 13.1. The van der Waals surface area contributed by atoms with E-state index in [1.807, 2.05) is 19.2 Å². The van der Waals surface area contributed by atoms with Gasteiger partial charge in [0.2, 0.25) is 0 Å². The molecule has 3 aromatic heterocycles. The summed E-state index contributed by atoms with van der Waals surface area (Å²) in [6.07, 6.45) is 3.30. The Labute approximate surface area is 136 Å². The second kappa shape index (κ2) is 4.88. The summed E-state index contributed by atoms with van der Waals surface area (Å²) >= 11 is 0. The maximum Gasteiger partial charge on any atom is 0.278 e. The van der Waals surface area contributed by atoms with E-state index in [4.69, 9.17) is 4.74 Å². The fourth-order valence-electron chi connectivity index (χ4n) is 3.64. The monoisotopic (exact) mass is 324 g/mol. The van der Waals surface area contributed by atoms with Gasteiger partial charge in [0.25, 0.3) is 5.56 Å². The van der Waals surface area contributed by atoms with Crippen LogP contribution in [0.3, 0.4) is 0 Å². The largest absolute Gasteiger partial charge is 0.381 e. The van der Waals surface area contributed by atoms with Gasteiger partial charge in [-0.15, -0.1) is 0 Å². The van der Waals surface area contributed by atoms with Crippen LogP contribution in [0.1, 0.15) is 18.9 Å². The van der Waals surface area contributed by atoms with Crippen molar-refractivity contribution in [1.82, 2.24) is 29.8 Å². The molecule has 0 unspecified atom stereocenters. The Morgan fingerprint density at radius 1 is 1.17 bits per heavy atom. The van der Waals surface area contributed by atoms with Gasteiger partial charge in [-0.25, -0.2) is 4.68 Å². The summed E-state index contributed by atoms with van der Waals surface area (Å²) in [5, 5.41) is 17.7. The van der Waals surface area contributed by atoms with Gasteiger partial charge in [-0.1, -0.05) is 0 Å². The lowest BCUT2D eigenvalue weighted by Gasteiger charge is -2.21. The van der Waals surface area contributed by atoms with Crippen molar-refractivity contribution in [2.45, 2.75) is 18.9 Å². The highest BCUT2D eigenvalue weighted by molar-refractivity contribution is 6.14. The van der Waals surface area contributed by atoms with Crippen LogP contribution in [0.25, 0.3) is 32.8 Å². The van der Waals surface area contributed by atoms with Gasteiger partial charge < -0.3 is 4.74 Å². The zero-order chi connectivity index (χ0) is 16.3. The van der Waals surface area contributed by atoms with E-state index in [0.717, 1.165) is 34.8 Å². The van der Waals surface area contributed by atoms with Gasteiger partial charge in [-0.05, 0) is 25.0 Å². The number of nitrogens with zero attached hydrogens (tertiary/aromatic N) is 5. The van der Waals surface area contributed by atoms with Crippen LogP contribution in [-0.2, 0) is 11.8 Å². The minimum Gasteiger partial charge on any atom is -0.381 e. The van der Waals surface area contributed by atoms with Crippen molar-refractivity contribution < 1.29 is 4.74 Å². The van der Waals surface area contributed by atoms with Crippen molar-refractivity contribution in [2.24, 2.45) is 7.05 Å². The van der Waals surface area contributed by atoms with Crippen LogP contribution in [-0.4, -0.2) is 43.0 Å². The quantitative estimate of drug-likeness (QED) is 0.573. The molecule has 1 N–H and O–H groups in total. The van der Waals surface area contributed by atoms with Gasteiger partial charge in [0.05, 0.1) is 39.6 Å². The minimum absolute atomic E-state index is 0.0592. The number of H-pyrrole nitrogens is 1. The second-order valence-electron chi connectivity index (χ2n) is 6.20. The summed E-state index contributed by atoms with van der Waals surface area (Å²) in [5.41, 5.74) is 3.02. The van der Waals surface area contributed by atoms with Gasteiger partial charge in [0, 0.05) is 20.3 Å². The lowest BCUT2D eigenvalue weighted by molar-refractivity contribution is 0.0656. The lowest BCUT2D eigenvalue weighted by Crippen LogP contribution is -2.27. The molecular weight excluding hydrogens is 308 g/mol. The number of aryl methyl sites for hydroxylation is 1. The molecule has 8 nitrogen and oxygen atoms in total. The Morgan fingerprint density at radius 3 is 2.83 bits per heavy atom. The van der Waals surface area contributed by atoms with Gasteiger partial charge in [-0.2, -0.15) is 15.3 Å². The molecule has 0 spiro atoms. The van der Waals surface area contributed by atoms with E-state index < -0.39 is 0 Å². The predicted molar refractivity (Wildman–Crippen MR) is 89.0 cm³/mol. The summed E-state index contributed by atoms with van der Waals surface area (Å²) < 4.78 is 8.77. The number of hydrogen-bond donors (Lipinski definition) is 1. The summed E-state index contributed by atoms with van der Waals surface area (Å²) in [6.45, 7) is 1.34. The Morgan fingerprint density at radius 2 is 2.00 bits per heavy atom. The molecule has 24 heavy (non-hydrogen) atoms. The summed E-state index contributed by atoms with van der Waals surface area (Å²) in [4.78, 5) is 13.1. The smallest absolute Gasteiger partial charge is 0.278 e. The lowest BCUT2D eigenvalue weighted by atomic mass is 10.1.